The van der Waals surface area contributed by atoms with E-state index in [2.05, 4.69) is 20.5 Å². The number of nitrogens with zero attached hydrogens (tertiary/aromatic N) is 7. The molecule has 0 N–H and O–H groups in total. The monoisotopic (exact) mass is 351 g/mol. The first-order valence-corrected chi connectivity index (χ1v) is 8.77. The lowest BCUT2D eigenvalue weighted by atomic mass is 9.96. The standard InChI is InChI=1S/C18H21N7O/c1-23-10-8-19-17(23)16-3-2-9-24(12-16)18(26)15-6-4-14(5-7-15)11-25-13-20-21-22-25/h4-8,10,13,16H,2-3,9,11-12H2,1H3/t16-/m0/s1. The van der Waals surface area contributed by atoms with Gasteiger partial charge in [0.15, 0.2) is 0 Å². The summed E-state index contributed by atoms with van der Waals surface area (Å²) in [5, 5.41) is 11.1. The predicted octanol–water partition coefficient (Wildman–Crippen LogP) is 1.47. The number of hydrogen-bond acceptors (Lipinski definition) is 5. The van der Waals surface area contributed by atoms with Gasteiger partial charge in [0.1, 0.15) is 12.2 Å². The van der Waals surface area contributed by atoms with Crippen molar-refractivity contribution in [3.8, 4) is 0 Å². The lowest BCUT2D eigenvalue weighted by molar-refractivity contribution is 0.0703. The maximum atomic E-state index is 12.9. The summed E-state index contributed by atoms with van der Waals surface area (Å²) in [6, 6.07) is 7.67. The van der Waals surface area contributed by atoms with E-state index in [9.17, 15) is 4.79 Å². The predicted molar refractivity (Wildman–Crippen MR) is 94.4 cm³/mol. The molecule has 26 heavy (non-hydrogen) atoms. The van der Waals surface area contributed by atoms with Crippen LogP contribution in [0.1, 0.15) is 40.5 Å². The van der Waals surface area contributed by atoms with Gasteiger partial charge >= 0.3 is 0 Å². The number of rotatable bonds is 4. The topological polar surface area (TPSA) is 81.7 Å². The molecule has 3 aromatic rings. The van der Waals surface area contributed by atoms with Gasteiger partial charge in [0.2, 0.25) is 0 Å². The average Bonchev–Trinajstić information content (AvgIpc) is 3.33. The fourth-order valence-electron chi connectivity index (χ4n) is 3.52. The number of tetrazole rings is 1. The molecule has 4 rings (SSSR count). The first kappa shape index (κ1) is 16.4. The van der Waals surface area contributed by atoms with Crippen LogP contribution in [0, 0.1) is 0 Å². The number of aryl methyl sites for hydroxylation is 1. The summed E-state index contributed by atoms with van der Waals surface area (Å²) in [5.41, 5.74) is 1.77. The minimum absolute atomic E-state index is 0.0814. The molecule has 1 aliphatic heterocycles. The molecule has 0 unspecified atom stereocenters. The quantitative estimate of drug-likeness (QED) is 0.711. The molecule has 1 aliphatic rings. The zero-order valence-electron chi connectivity index (χ0n) is 14.7. The van der Waals surface area contributed by atoms with Gasteiger partial charge in [-0.1, -0.05) is 12.1 Å². The van der Waals surface area contributed by atoms with E-state index in [0.717, 1.165) is 37.3 Å². The van der Waals surface area contributed by atoms with Gasteiger partial charge < -0.3 is 9.47 Å². The van der Waals surface area contributed by atoms with E-state index in [0.29, 0.717) is 18.0 Å². The highest BCUT2D eigenvalue weighted by molar-refractivity contribution is 5.94. The third-order valence-corrected chi connectivity index (χ3v) is 4.87. The number of carbonyl (C=O) groups is 1. The van der Waals surface area contributed by atoms with Crippen LogP contribution in [0.15, 0.2) is 43.0 Å². The normalized spacial score (nSPS) is 17.4. The van der Waals surface area contributed by atoms with Gasteiger partial charge in [0.25, 0.3) is 5.91 Å². The van der Waals surface area contributed by atoms with Crippen molar-refractivity contribution in [2.75, 3.05) is 13.1 Å². The summed E-state index contributed by atoms with van der Waals surface area (Å²) in [4.78, 5) is 19.3. The second-order valence-electron chi connectivity index (χ2n) is 6.69. The van der Waals surface area contributed by atoms with Gasteiger partial charge in [-0.25, -0.2) is 9.67 Å². The highest BCUT2D eigenvalue weighted by atomic mass is 16.2. The van der Waals surface area contributed by atoms with Gasteiger partial charge in [-0.05, 0) is 41.0 Å². The highest BCUT2D eigenvalue weighted by Gasteiger charge is 2.27. The van der Waals surface area contributed by atoms with E-state index in [1.165, 1.54) is 0 Å². The Balaban J connectivity index is 1.44. The Morgan fingerprint density at radius 3 is 2.81 bits per heavy atom. The molecule has 2 aromatic heterocycles. The number of likely N-dealkylation sites (tertiary alicyclic amines) is 1. The van der Waals surface area contributed by atoms with Gasteiger partial charge in [-0.15, -0.1) is 5.10 Å². The average molecular weight is 351 g/mol. The SMILES string of the molecule is Cn1ccnc1[C@H]1CCCN(C(=O)c2ccc(Cn3cnnn3)cc2)C1. The molecule has 0 radical (unpaired) electrons. The third kappa shape index (κ3) is 3.35. The molecule has 1 aromatic carbocycles. The molecule has 8 nitrogen and oxygen atoms in total. The molecule has 0 bridgehead atoms. The molecule has 8 heteroatoms. The molecule has 1 saturated heterocycles. The zero-order valence-corrected chi connectivity index (χ0v) is 14.7. The van der Waals surface area contributed by atoms with E-state index in [1.807, 2.05) is 53.2 Å². The molecular formula is C18H21N7O. The Labute approximate surface area is 151 Å². The lowest BCUT2D eigenvalue weighted by Gasteiger charge is -2.32. The fraction of sp³-hybridized carbons (Fsp3) is 0.389. The summed E-state index contributed by atoms with van der Waals surface area (Å²) < 4.78 is 3.70. The molecule has 1 atom stereocenters. The summed E-state index contributed by atoms with van der Waals surface area (Å²) in [7, 11) is 2.01. The van der Waals surface area contributed by atoms with Crippen LogP contribution in [-0.4, -0.2) is 53.7 Å². The number of hydrogen-bond donors (Lipinski definition) is 0. The number of aromatic nitrogens is 6. The molecule has 3 heterocycles. The van der Waals surface area contributed by atoms with Crippen LogP contribution < -0.4 is 0 Å². The first-order chi connectivity index (χ1) is 12.7. The van der Waals surface area contributed by atoms with Gasteiger partial charge in [-0.3, -0.25) is 4.79 Å². The van der Waals surface area contributed by atoms with Gasteiger partial charge in [-0.2, -0.15) is 0 Å². The lowest BCUT2D eigenvalue weighted by Crippen LogP contribution is -2.39. The van der Waals surface area contributed by atoms with Crippen LogP contribution in [0.25, 0.3) is 0 Å². The van der Waals surface area contributed by atoms with Crippen molar-refractivity contribution in [2.45, 2.75) is 25.3 Å². The molecule has 134 valence electrons. The number of imidazole rings is 1. The molecule has 0 spiro atoms. The zero-order chi connectivity index (χ0) is 17.9. The van der Waals surface area contributed by atoms with Gasteiger partial charge in [0, 0.05) is 44.0 Å². The van der Waals surface area contributed by atoms with Crippen LogP contribution in [0.2, 0.25) is 0 Å². The maximum Gasteiger partial charge on any atom is 0.253 e. The van der Waals surface area contributed by atoms with Crippen LogP contribution >= 0.6 is 0 Å². The minimum atomic E-state index is 0.0814. The number of carbonyl (C=O) groups excluding carboxylic acids is 1. The summed E-state index contributed by atoms with van der Waals surface area (Å²) >= 11 is 0. The molecular weight excluding hydrogens is 330 g/mol. The van der Waals surface area contributed by atoms with Crippen LogP contribution in [0.3, 0.4) is 0 Å². The van der Waals surface area contributed by atoms with Crippen molar-refractivity contribution in [1.82, 2.24) is 34.7 Å². The van der Waals surface area contributed by atoms with E-state index in [4.69, 9.17) is 0 Å². The number of amides is 1. The Bertz CT molecular complexity index is 869. The summed E-state index contributed by atoms with van der Waals surface area (Å²) in [6.45, 7) is 2.11. The maximum absolute atomic E-state index is 12.9. The Kier molecular flexibility index (Phi) is 4.47. The first-order valence-electron chi connectivity index (χ1n) is 8.77. The Morgan fingerprint density at radius 1 is 1.27 bits per heavy atom. The minimum Gasteiger partial charge on any atom is -0.338 e. The van der Waals surface area contributed by atoms with Crippen molar-refractivity contribution < 1.29 is 4.79 Å². The van der Waals surface area contributed by atoms with Crippen molar-refractivity contribution in [1.29, 1.82) is 0 Å². The van der Waals surface area contributed by atoms with E-state index >= 15 is 0 Å². The molecule has 1 amide bonds. The van der Waals surface area contributed by atoms with Crippen molar-refractivity contribution >= 4 is 5.91 Å². The highest BCUT2D eigenvalue weighted by Crippen LogP contribution is 2.26. The summed E-state index contributed by atoms with van der Waals surface area (Å²) in [5.74, 6) is 1.43. The third-order valence-electron chi connectivity index (χ3n) is 4.87. The van der Waals surface area contributed by atoms with E-state index in [-0.39, 0.29) is 5.91 Å². The number of piperidine rings is 1. The fourth-order valence-corrected chi connectivity index (χ4v) is 3.52. The number of benzene rings is 1. The molecule has 1 fully saturated rings. The molecule has 0 aliphatic carbocycles. The second kappa shape index (κ2) is 7.07. The van der Waals surface area contributed by atoms with Crippen LogP contribution in [-0.2, 0) is 13.6 Å². The van der Waals surface area contributed by atoms with Crippen LogP contribution in [0.5, 0.6) is 0 Å². The van der Waals surface area contributed by atoms with E-state index < -0.39 is 0 Å². The van der Waals surface area contributed by atoms with Crippen molar-refractivity contribution in [2.24, 2.45) is 7.05 Å². The van der Waals surface area contributed by atoms with Crippen LogP contribution in [0.4, 0.5) is 0 Å². The van der Waals surface area contributed by atoms with Crippen molar-refractivity contribution in [3.63, 3.8) is 0 Å². The van der Waals surface area contributed by atoms with Crippen molar-refractivity contribution in [3.05, 3.63) is 59.9 Å². The summed E-state index contributed by atoms with van der Waals surface area (Å²) in [6.07, 6.45) is 7.42. The molecule has 0 saturated carbocycles. The second-order valence-corrected chi connectivity index (χ2v) is 6.69. The Hall–Kier alpha value is -3.03. The smallest absolute Gasteiger partial charge is 0.253 e. The van der Waals surface area contributed by atoms with E-state index in [1.54, 1.807) is 11.0 Å². The Morgan fingerprint density at radius 2 is 2.12 bits per heavy atom. The van der Waals surface area contributed by atoms with Gasteiger partial charge in [0.05, 0.1) is 6.54 Å². The largest absolute Gasteiger partial charge is 0.338 e.